The van der Waals surface area contributed by atoms with Crippen LogP contribution >= 0.6 is 0 Å². The normalized spacial score (nSPS) is 30.4. The zero-order valence-corrected chi connectivity index (χ0v) is 11.3. The van der Waals surface area contributed by atoms with Gasteiger partial charge in [0.05, 0.1) is 0 Å². The van der Waals surface area contributed by atoms with Gasteiger partial charge in [0.1, 0.15) is 0 Å². The van der Waals surface area contributed by atoms with Crippen molar-refractivity contribution in [3.8, 4) is 0 Å². The summed E-state index contributed by atoms with van der Waals surface area (Å²) in [7, 11) is 0. The number of nitrogens with one attached hydrogen (secondary N) is 1. The molecule has 1 heterocycles. The van der Waals surface area contributed by atoms with E-state index in [0.29, 0.717) is 11.6 Å². The van der Waals surface area contributed by atoms with Crippen molar-refractivity contribution in [2.24, 2.45) is 5.92 Å². The summed E-state index contributed by atoms with van der Waals surface area (Å²) < 4.78 is 0. The lowest BCUT2D eigenvalue weighted by atomic mass is 9.98. The molecule has 2 fully saturated rings. The number of likely N-dealkylation sites (tertiary alicyclic amines) is 1. The summed E-state index contributed by atoms with van der Waals surface area (Å²) >= 11 is 0. The lowest BCUT2D eigenvalue weighted by Crippen LogP contribution is -2.43. The molecule has 0 radical (unpaired) electrons. The topological polar surface area (TPSA) is 15.3 Å². The minimum Gasteiger partial charge on any atom is -0.314 e. The molecule has 1 unspecified atom stereocenters. The van der Waals surface area contributed by atoms with Crippen molar-refractivity contribution in [1.82, 2.24) is 10.2 Å². The Kier molecular flexibility index (Phi) is 3.91. The molecule has 0 amide bonds. The van der Waals surface area contributed by atoms with Crippen LogP contribution in [0.25, 0.3) is 0 Å². The lowest BCUT2D eigenvalue weighted by Gasteiger charge is -2.35. The highest BCUT2D eigenvalue weighted by molar-refractivity contribution is 4.94. The predicted molar refractivity (Wildman–Crippen MR) is 69.7 cm³/mol. The maximum atomic E-state index is 3.58. The molecule has 2 nitrogen and oxygen atoms in total. The summed E-state index contributed by atoms with van der Waals surface area (Å²) in [6, 6.07) is 0.635. The van der Waals surface area contributed by atoms with Crippen LogP contribution in [0.1, 0.15) is 52.9 Å². The molecule has 2 aliphatic rings. The van der Waals surface area contributed by atoms with Gasteiger partial charge in [-0.25, -0.2) is 0 Å². The number of rotatable bonds is 4. The molecule has 0 aromatic carbocycles. The molecule has 1 N–H and O–H groups in total. The van der Waals surface area contributed by atoms with Crippen molar-refractivity contribution < 1.29 is 0 Å². The SMILES string of the molecule is CC(C)NCC1CCN(C2(C)CCCC2)C1. The highest BCUT2D eigenvalue weighted by atomic mass is 15.2. The zero-order valence-electron chi connectivity index (χ0n) is 11.3. The molecule has 1 aliphatic heterocycles. The molecular weight excluding hydrogens is 196 g/mol. The summed E-state index contributed by atoms with van der Waals surface area (Å²) in [4.78, 5) is 2.77. The average molecular weight is 224 g/mol. The van der Waals surface area contributed by atoms with Gasteiger partial charge in [-0.2, -0.15) is 0 Å². The number of hydrogen-bond acceptors (Lipinski definition) is 2. The maximum Gasteiger partial charge on any atom is 0.0181 e. The third-order valence-electron chi connectivity index (χ3n) is 4.54. The van der Waals surface area contributed by atoms with Gasteiger partial charge in [-0.3, -0.25) is 4.90 Å². The molecule has 16 heavy (non-hydrogen) atoms. The first-order chi connectivity index (χ1) is 7.60. The minimum atomic E-state index is 0.548. The quantitative estimate of drug-likeness (QED) is 0.790. The van der Waals surface area contributed by atoms with Crippen molar-refractivity contribution in [2.75, 3.05) is 19.6 Å². The third-order valence-corrected chi connectivity index (χ3v) is 4.54. The molecule has 1 atom stereocenters. The average Bonchev–Trinajstić information content (AvgIpc) is 2.84. The van der Waals surface area contributed by atoms with Gasteiger partial charge in [0, 0.05) is 18.1 Å². The molecular formula is C14H28N2. The monoisotopic (exact) mass is 224 g/mol. The van der Waals surface area contributed by atoms with Crippen LogP contribution in [0.4, 0.5) is 0 Å². The fraction of sp³-hybridized carbons (Fsp3) is 1.00. The van der Waals surface area contributed by atoms with Gasteiger partial charge in [0.15, 0.2) is 0 Å². The maximum absolute atomic E-state index is 3.58. The van der Waals surface area contributed by atoms with E-state index in [1.165, 1.54) is 51.7 Å². The van der Waals surface area contributed by atoms with Crippen LogP contribution in [-0.4, -0.2) is 36.1 Å². The first-order valence-corrected chi connectivity index (χ1v) is 7.08. The van der Waals surface area contributed by atoms with Crippen molar-refractivity contribution in [2.45, 2.75) is 64.5 Å². The second-order valence-electron chi connectivity index (χ2n) is 6.37. The molecule has 2 rings (SSSR count). The van der Waals surface area contributed by atoms with Gasteiger partial charge < -0.3 is 5.32 Å². The van der Waals surface area contributed by atoms with E-state index in [1.807, 2.05) is 0 Å². The van der Waals surface area contributed by atoms with E-state index in [4.69, 9.17) is 0 Å². The van der Waals surface area contributed by atoms with E-state index in [1.54, 1.807) is 0 Å². The van der Waals surface area contributed by atoms with Gasteiger partial charge >= 0.3 is 0 Å². The first kappa shape index (κ1) is 12.4. The molecule has 0 bridgehead atoms. The van der Waals surface area contributed by atoms with Crippen molar-refractivity contribution >= 4 is 0 Å². The highest BCUT2D eigenvalue weighted by Crippen LogP contribution is 2.37. The Bertz CT molecular complexity index is 219. The predicted octanol–water partition coefficient (Wildman–Crippen LogP) is 2.64. The zero-order chi connectivity index (χ0) is 11.6. The van der Waals surface area contributed by atoms with E-state index in [-0.39, 0.29) is 0 Å². The smallest absolute Gasteiger partial charge is 0.0181 e. The van der Waals surface area contributed by atoms with Crippen molar-refractivity contribution in [3.05, 3.63) is 0 Å². The van der Waals surface area contributed by atoms with Crippen LogP contribution in [0.3, 0.4) is 0 Å². The van der Waals surface area contributed by atoms with Crippen LogP contribution in [0.5, 0.6) is 0 Å². The van der Waals surface area contributed by atoms with Gasteiger partial charge in [0.25, 0.3) is 0 Å². The highest BCUT2D eigenvalue weighted by Gasteiger charge is 2.38. The van der Waals surface area contributed by atoms with E-state index in [9.17, 15) is 0 Å². The standard InChI is InChI=1S/C14H28N2/c1-12(2)15-10-13-6-9-16(11-13)14(3)7-4-5-8-14/h12-13,15H,4-11H2,1-3H3. The Labute approximate surface area is 101 Å². The molecule has 0 aromatic rings. The minimum absolute atomic E-state index is 0.548. The largest absolute Gasteiger partial charge is 0.314 e. The van der Waals surface area contributed by atoms with Crippen LogP contribution in [-0.2, 0) is 0 Å². The van der Waals surface area contributed by atoms with Crippen LogP contribution < -0.4 is 5.32 Å². The Morgan fingerprint density at radius 3 is 2.62 bits per heavy atom. The second kappa shape index (κ2) is 5.05. The van der Waals surface area contributed by atoms with Crippen LogP contribution in [0.15, 0.2) is 0 Å². The van der Waals surface area contributed by atoms with E-state index in [0.717, 1.165) is 5.92 Å². The van der Waals surface area contributed by atoms with E-state index >= 15 is 0 Å². The van der Waals surface area contributed by atoms with Gasteiger partial charge in [-0.05, 0) is 45.2 Å². The van der Waals surface area contributed by atoms with E-state index in [2.05, 4.69) is 31.0 Å². The Morgan fingerprint density at radius 1 is 1.31 bits per heavy atom. The molecule has 0 spiro atoms. The Hall–Kier alpha value is -0.0800. The number of nitrogens with zero attached hydrogens (tertiary/aromatic N) is 1. The first-order valence-electron chi connectivity index (χ1n) is 7.08. The van der Waals surface area contributed by atoms with Gasteiger partial charge in [-0.15, -0.1) is 0 Å². The number of hydrogen-bond donors (Lipinski definition) is 1. The lowest BCUT2D eigenvalue weighted by molar-refractivity contribution is 0.136. The molecule has 1 saturated carbocycles. The van der Waals surface area contributed by atoms with Crippen molar-refractivity contribution in [3.63, 3.8) is 0 Å². The summed E-state index contributed by atoms with van der Waals surface area (Å²) in [6.45, 7) is 10.8. The fourth-order valence-corrected chi connectivity index (χ4v) is 3.34. The molecule has 94 valence electrons. The van der Waals surface area contributed by atoms with Crippen molar-refractivity contribution in [1.29, 1.82) is 0 Å². The molecule has 0 aromatic heterocycles. The summed E-state index contributed by atoms with van der Waals surface area (Å²) in [5.74, 6) is 0.889. The molecule has 1 saturated heterocycles. The Balaban J connectivity index is 1.79. The molecule has 2 heteroatoms. The fourth-order valence-electron chi connectivity index (χ4n) is 3.34. The Morgan fingerprint density at radius 2 is 2.00 bits per heavy atom. The van der Waals surface area contributed by atoms with Crippen LogP contribution in [0.2, 0.25) is 0 Å². The van der Waals surface area contributed by atoms with Crippen LogP contribution in [0, 0.1) is 5.92 Å². The van der Waals surface area contributed by atoms with Gasteiger partial charge in [0.2, 0.25) is 0 Å². The summed E-state index contributed by atoms with van der Waals surface area (Å²) in [5.41, 5.74) is 0.548. The summed E-state index contributed by atoms with van der Waals surface area (Å²) in [6.07, 6.45) is 7.15. The summed E-state index contributed by atoms with van der Waals surface area (Å²) in [5, 5.41) is 3.58. The third kappa shape index (κ3) is 2.78. The molecule has 1 aliphatic carbocycles. The van der Waals surface area contributed by atoms with Gasteiger partial charge in [-0.1, -0.05) is 26.7 Å². The van der Waals surface area contributed by atoms with E-state index < -0.39 is 0 Å². The second-order valence-corrected chi connectivity index (χ2v) is 6.37.